The fraction of sp³-hybridized carbons (Fsp3) is 0.649. The predicted molar refractivity (Wildman–Crippen MR) is 191 cm³/mol. The van der Waals surface area contributed by atoms with Gasteiger partial charge < -0.3 is 30.3 Å². The molecule has 12 nitrogen and oxygen atoms in total. The van der Waals surface area contributed by atoms with Gasteiger partial charge in [0, 0.05) is 38.7 Å². The molecule has 4 rings (SSSR count). The third-order valence-electron chi connectivity index (χ3n) is 9.95. The van der Waals surface area contributed by atoms with Gasteiger partial charge in [-0.2, -0.15) is 0 Å². The molecule has 1 heterocycles. The maximum atomic E-state index is 14.0. The zero-order chi connectivity index (χ0) is 36.1. The highest BCUT2D eigenvalue weighted by atomic mass is 32.2. The summed E-state index contributed by atoms with van der Waals surface area (Å²) in [5.74, 6) is -3.08. The van der Waals surface area contributed by atoms with Gasteiger partial charge in [0.1, 0.15) is 12.1 Å². The van der Waals surface area contributed by atoms with Gasteiger partial charge in [-0.05, 0) is 35.1 Å². The molecule has 2 aromatic carbocycles. The molecule has 0 unspecified atom stereocenters. The second-order valence-electron chi connectivity index (χ2n) is 13.8. The smallest absolute Gasteiger partial charge is 0.302 e. The quantitative estimate of drug-likeness (QED) is 0.168. The van der Waals surface area contributed by atoms with E-state index in [4.69, 9.17) is 9.47 Å². The number of rotatable bonds is 18. The Morgan fingerprint density at radius 3 is 2.38 bits per heavy atom. The Hall–Kier alpha value is -3.10. The summed E-state index contributed by atoms with van der Waals surface area (Å²) in [4.78, 5) is 41.6. The Bertz CT molecular complexity index is 1500. The van der Waals surface area contributed by atoms with Crippen molar-refractivity contribution in [3.8, 4) is 0 Å². The first-order chi connectivity index (χ1) is 24.0. The molecule has 2 aliphatic rings. The number of morpholine rings is 1. The second kappa shape index (κ2) is 19.5. The number of aliphatic hydroxyl groups excluding tert-OH is 2. The van der Waals surface area contributed by atoms with E-state index in [2.05, 4.69) is 10.6 Å². The number of nitrogens with zero attached hydrogens (tertiary/aromatic N) is 1. The maximum Gasteiger partial charge on any atom is 0.302 e. The van der Waals surface area contributed by atoms with E-state index in [9.17, 15) is 33.0 Å². The minimum absolute atomic E-state index is 0.0682. The van der Waals surface area contributed by atoms with Crippen molar-refractivity contribution in [1.29, 1.82) is 0 Å². The summed E-state index contributed by atoms with van der Waals surface area (Å²) in [7, 11) is -3.59. The van der Waals surface area contributed by atoms with Gasteiger partial charge in [0.25, 0.3) is 0 Å². The summed E-state index contributed by atoms with van der Waals surface area (Å²) >= 11 is 0. The Morgan fingerprint density at radius 1 is 0.980 bits per heavy atom. The highest BCUT2D eigenvalue weighted by Gasteiger charge is 2.35. The van der Waals surface area contributed by atoms with E-state index >= 15 is 0 Å². The summed E-state index contributed by atoms with van der Waals surface area (Å²) in [6, 6.07) is 11.3. The van der Waals surface area contributed by atoms with Gasteiger partial charge >= 0.3 is 5.97 Å². The summed E-state index contributed by atoms with van der Waals surface area (Å²) in [6.07, 6.45) is 3.24. The van der Waals surface area contributed by atoms with Gasteiger partial charge in [-0.3, -0.25) is 19.3 Å². The predicted octanol–water partition coefficient (Wildman–Crippen LogP) is 2.38. The van der Waals surface area contributed by atoms with Crippen LogP contribution in [0, 0.1) is 11.8 Å². The summed E-state index contributed by atoms with van der Waals surface area (Å²) in [6.45, 7) is 5.16. The van der Waals surface area contributed by atoms with Crippen LogP contribution in [-0.2, 0) is 40.1 Å². The zero-order valence-electron chi connectivity index (χ0n) is 29.4. The zero-order valence-corrected chi connectivity index (χ0v) is 30.2. The van der Waals surface area contributed by atoms with Gasteiger partial charge in [0.05, 0.1) is 43.6 Å². The van der Waals surface area contributed by atoms with Crippen LogP contribution in [0.15, 0.2) is 42.5 Å². The average molecular weight is 718 g/mol. The first-order valence-electron chi connectivity index (χ1n) is 18.0. The normalized spacial score (nSPS) is 19.2. The van der Waals surface area contributed by atoms with Crippen molar-refractivity contribution in [3.05, 3.63) is 48.0 Å². The van der Waals surface area contributed by atoms with Gasteiger partial charge in [-0.25, -0.2) is 8.42 Å². The molecule has 0 spiro atoms. The molecule has 0 bridgehead atoms. The molecule has 0 radical (unpaired) electrons. The van der Waals surface area contributed by atoms with E-state index in [1.165, 1.54) is 13.8 Å². The Morgan fingerprint density at radius 2 is 1.68 bits per heavy atom. The summed E-state index contributed by atoms with van der Waals surface area (Å²) in [5, 5.41) is 30.1. The lowest BCUT2D eigenvalue weighted by atomic mass is 9.83. The van der Waals surface area contributed by atoms with E-state index in [1.54, 1.807) is 0 Å². The van der Waals surface area contributed by atoms with Crippen LogP contribution in [-0.4, -0.2) is 117 Å². The van der Waals surface area contributed by atoms with Gasteiger partial charge in [0.2, 0.25) is 11.8 Å². The average Bonchev–Trinajstić information content (AvgIpc) is 3.11. The van der Waals surface area contributed by atoms with E-state index in [0.29, 0.717) is 32.7 Å². The van der Waals surface area contributed by atoms with Crippen molar-refractivity contribution < 1.29 is 42.5 Å². The van der Waals surface area contributed by atoms with Crippen molar-refractivity contribution in [3.63, 3.8) is 0 Å². The monoisotopic (exact) mass is 717 g/mol. The molecule has 2 aromatic rings. The fourth-order valence-corrected chi connectivity index (χ4v) is 8.16. The van der Waals surface area contributed by atoms with Crippen LogP contribution in [0.4, 0.5) is 0 Å². The molecular formula is C37H55N3O9S. The lowest BCUT2D eigenvalue weighted by Gasteiger charge is -2.35. The molecule has 2 fully saturated rings. The minimum Gasteiger partial charge on any atom is -0.466 e. The van der Waals surface area contributed by atoms with Crippen LogP contribution in [0.25, 0.3) is 10.8 Å². The number of nitrogens with one attached hydrogen (secondary N) is 2. The van der Waals surface area contributed by atoms with Crippen LogP contribution in [0.5, 0.6) is 0 Å². The number of esters is 1. The molecule has 1 saturated heterocycles. The third kappa shape index (κ3) is 12.3. The molecule has 5 atom stereocenters. The molecule has 4 N–H and O–H groups in total. The number of carbonyl (C=O) groups is 3. The number of hydrogen-bond acceptors (Lipinski definition) is 10. The summed E-state index contributed by atoms with van der Waals surface area (Å²) < 4.78 is 36.3. The van der Waals surface area contributed by atoms with Crippen LogP contribution < -0.4 is 10.6 Å². The molecular weight excluding hydrogens is 662 g/mol. The lowest BCUT2D eigenvalue weighted by Crippen LogP contribution is -2.57. The largest absolute Gasteiger partial charge is 0.466 e. The Balaban J connectivity index is 1.55. The molecule has 1 saturated carbocycles. The number of carbonyl (C=O) groups excluding carboxylic acids is 3. The SMILES string of the molecule is CCS(=O)(=O)C[C@@H](Cc1cccc2ccccc12)C(=O)N[C@@H](CCOC(C)=O)C(=O)N[C@@H](CC1CCCCC1)[C@@H](O)[C@@H](O)CN1CCOCC1. The fourth-order valence-electron chi connectivity index (χ4n) is 7.04. The van der Waals surface area contributed by atoms with E-state index in [0.717, 1.165) is 48.4 Å². The number of β-amino-alcohol motifs (C(OH)–C–C–N with tert-alkyl or cyclic N) is 1. The lowest BCUT2D eigenvalue weighted by molar-refractivity contribution is -0.142. The van der Waals surface area contributed by atoms with Crippen LogP contribution in [0.3, 0.4) is 0 Å². The highest BCUT2D eigenvalue weighted by molar-refractivity contribution is 7.91. The Kier molecular flexibility index (Phi) is 15.5. The molecule has 2 amide bonds. The van der Waals surface area contributed by atoms with Gasteiger partial charge in [-0.1, -0.05) is 81.5 Å². The van der Waals surface area contributed by atoms with E-state index < -0.39 is 63.6 Å². The van der Waals surface area contributed by atoms with Crippen molar-refractivity contribution in [2.45, 2.75) is 89.5 Å². The molecule has 13 heteroatoms. The second-order valence-corrected chi connectivity index (χ2v) is 16.2. The standard InChI is InChI=1S/C37H55N3O9S/c1-3-50(46,47)25-30(23-29-14-9-13-28-12-7-8-15-31(28)29)36(44)38-32(16-19-49-26(2)41)37(45)39-33(22-27-10-5-4-6-11-27)35(43)34(42)24-40-17-20-48-21-18-40/h7-9,12-15,27,30,32-35,42-43H,3-6,10-11,16-25H2,1-2H3,(H,38,44)(H,39,45)/t30-,32+,33+,34+,35-/m1/s1. The van der Waals surface area contributed by atoms with E-state index in [1.807, 2.05) is 47.4 Å². The van der Waals surface area contributed by atoms with Crippen LogP contribution >= 0.6 is 0 Å². The minimum atomic E-state index is -3.59. The van der Waals surface area contributed by atoms with E-state index in [-0.39, 0.29) is 37.7 Å². The number of sulfone groups is 1. The molecule has 50 heavy (non-hydrogen) atoms. The number of hydrogen-bond donors (Lipinski definition) is 4. The molecule has 278 valence electrons. The van der Waals surface area contributed by atoms with Crippen molar-refractivity contribution in [2.24, 2.45) is 11.8 Å². The topological polar surface area (TPSA) is 172 Å². The van der Waals surface area contributed by atoms with Crippen molar-refractivity contribution in [2.75, 3.05) is 51.0 Å². The number of amides is 2. The number of fused-ring (bicyclic) bond motifs is 1. The molecule has 0 aromatic heterocycles. The van der Waals surface area contributed by atoms with Gasteiger partial charge in [0.15, 0.2) is 9.84 Å². The third-order valence-corrected chi connectivity index (χ3v) is 11.7. The van der Waals surface area contributed by atoms with Crippen LogP contribution in [0.1, 0.15) is 64.4 Å². The van der Waals surface area contributed by atoms with Crippen molar-refractivity contribution in [1.82, 2.24) is 15.5 Å². The number of ether oxygens (including phenoxy) is 2. The summed E-state index contributed by atoms with van der Waals surface area (Å²) in [5.41, 5.74) is 0.806. The van der Waals surface area contributed by atoms with Crippen LogP contribution in [0.2, 0.25) is 0 Å². The first-order valence-corrected chi connectivity index (χ1v) is 19.8. The Labute approximate surface area is 296 Å². The van der Waals surface area contributed by atoms with Crippen molar-refractivity contribution >= 4 is 38.4 Å². The number of aliphatic hydroxyl groups is 2. The maximum absolute atomic E-state index is 14.0. The molecule has 1 aliphatic heterocycles. The molecule has 1 aliphatic carbocycles. The number of benzene rings is 2. The first kappa shape index (κ1) is 39.7. The van der Waals surface area contributed by atoms with Gasteiger partial charge in [-0.15, -0.1) is 0 Å². The highest BCUT2D eigenvalue weighted by Crippen LogP contribution is 2.29.